The topological polar surface area (TPSA) is 72.8 Å². The van der Waals surface area contributed by atoms with E-state index in [1.54, 1.807) is 6.92 Å². The molecule has 0 saturated carbocycles. The number of carbonyl (C=O) groups excluding carboxylic acids is 1. The van der Waals surface area contributed by atoms with Crippen LogP contribution in [0.15, 0.2) is 18.2 Å². The van der Waals surface area contributed by atoms with E-state index >= 15 is 0 Å². The summed E-state index contributed by atoms with van der Waals surface area (Å²) in [5, 5.41) is 8.77. The maximum atomic E-state index is 11.5. The van der Waals surface area contributed by atoms with E-state index in [9.17, 15) is 9.59 Å². The lowest BCUT2D eigenvalue weighted by atomic mass is 10.1. The molecule has 0 unspecified atom stereocenters. The summed E-state index contributed by atoms with van der Waals surface area (Å²) in [5.41, 5.74) is 0.277. The van der Waals surface area contributed by atoms with Gasteiger partial charge in [-0.05, 0) is 25.1 Å². The molecule has 1 N–H and O–H groups in total. The molecule has 1 aromatic carbocycles. The van der Waals surface area contributed by atoms with E-state index in [1.807, 2.05) is 0 Å². The highest BCUT2D eigenvalue weighted by Gasteiger charge is 2.15. The minimum atomic E-state index is -1.08. The Morgan fingerprint density at radius 3 is 2.56 bits per heavy atom. The summed E-state index contributed by atoms with van der Waals surface area (Å²) in [4.78, 5) is 22.2. The standard InChI is InChI=1S/C11H12O5/c1-3-16-11(14)8-5-4-7(10(12)13)6-9(8)15-2/h4-6H,3H2,1-2H3,(H,12,13). The Labute approximate surface area is 92.6 Å². The summed E-state index contributed by atoms with van der Waals surface area (Å²) in [5.74, 6) is -1.41. The lowest BCUT2D eigenvalue weighted by molar-refractivity contribution is 0.0521. The Hall–Kier alpha value is -2.04. The molecule has 5 nitrogen and oxygen atoms in total. The van der Waals surface area contributed by atoms with Crippen LogP contribution in [0.4, 0.5) is 0 Å². The van der Waals surface area contributed by atoms with Gasteiger partial charge in [0.25, 0.3) is 0 Å². The average Bonchev–Trinajstić information content (AvgIpc) is 2.28. The Kier molecular flexibility index (Phi) is 3.88. The third-order valence-corrected chi connectivity index (χ3v) is 1.94. The first-order chi connectivity index (χ1) is 7.60. The van der Waals surface area contributed by atoms with Crippen LogP contribution in [0.5, 0.6) is 5.75 Å². The van der Waals surface area contributed by atoms with Crippen molar-refractivity contribution < 1.29 is 24.2 Å². The van der Waals surface area contributed by atoms with Crippen molar-refractivity contribution in [3.8, 4) is 5.75 Å². The van der Waals surface area contributed by atoms with Gasteiger partial charge in [-0.3, -0.25) is 0 Å². The first kappa shape index (κ1) is 12.0. The molecule has 0 spiro atoms. The van der Waals surface area contributed by atoms with Crippen LogP contribution in [0, 0.1) is 0 Å². The van der Waals surface area contributed by atoms with Crippen LogP contribution in [-0.4, -0.2) is 30.8 Å². The maximum absolute atomic E-state index is 11.5. The molecule has 5 heteroatoms. The number of hydrogen-bond acceptors (Lipinski definition) is 4. The van der Waals surface area contributed by atoms with Gasteiger partial charge in [0.05, 0.1) is 19.3 Å². The first-order valence-corrected chi connectivity index (χ1v) is 4.68. The van der Waals surface area contributed by atoms with E-state index < -0.39 is 11.9 Å². The van der Waals surface area contributed by atoms with Gasteiger partial charge in [-0.15, -0.1) is 0 Å². The zero-order valence-corrected chi connectivity index (χ0v) is 9.02. The summed E-state index contributed by atoms with van der Waals surface area (Å²) < 4.78 is 9.74. The third kappa shape index (κ3) is 2.50. The van der Waals surface area contributed by atoms with Crippen LogP contribution in [0.25, 0.3) is 0 Å². The van der Waals surface area contributed by atoms with E-state index in [1.165, 1.54) is 25.3 Å². The SMILES string of the molecule is CCOC(=O)c1ccc(C(=O)O)cc1OC. The third-order valence-electron chi connectivity index (χ3n) is 1.94. The van der Waals surface area contributed by atoms with Gasteiger partial charge in [-0.25, -0.2) is 9.59 Å². The highest BCUT2D eigenvalue weighted by molar-refractivity contribution is 5.95. The van der Waals surface area contributed by atoms with E-state index in [0.717, 1.165) is 0 Å². The zero-order chi connectivity index (χ0) is 12.1. The molecule has 16 heavy (non-hydrogen) atoms. The van der Waals surface area contributed by atoms with Crippen LogP contribution < -0.4 is 4.74 Å². The molecule has 0 atom stereocenters. The number of hydrogen-bond donors (Lipinski definition) is 1. The largest absolute Gasteiger partial charge is 0.496 e. The van der Waals surface area contributed by atoms with Gasteiger partial charge in [0.1, 0.15) is 11.3 Å². The normalized spacial score (nSPS) is 9.62. The Morgan fingerprint density at radius 1 is 1.38 bits per heavy atom. The molecule has 0 radical (unpaired) electrons. The number of methoxy groups -OCH3 is 1. The van der Waals surface area contributed by atoms with Crippen molar-refractivity contribution in [2.75, 3.05) is 13.7 Å². The van der Waals surface area contributed by atoms with Gasteiger partial charge in [0.15, 0.2) is 0 Å². The van der Waals surface area contributed by atoms with Crippen molar-refractivity contribution in [3.63, 3.8) is 0 Å². The maximum Gasteiger partial charge on any atom is 0.341 e. The first-order valence-electron chi connectivity index (χ1n) is 4.68. The molecule has 0 bridgehead atoms. The molecule has 0 aliphatic carbocycles. The van der Waals surface area contributed by atoms with Crippen LogP contribution in [0.3, 0.4) is 0 Å². The number of aromatic carboxylic acids is 1. The molecule has 0 heterocycles. The number of benzene rings is 1. The zero-order valence-electron chi connectivity index (χ0n) is 9.02. The summed E-state index contributed by atoms with van der Waals surface area (Å²) in [6.45, 7) is 1.94. The van der Waals surface area contributed by atoms with Crippen LogP contribution >= 0.6 is 0 Å². The number of ether oxygens (including phenoxy) is 2. The molecular formula is C11H12O5. The summed E-state index contributed by atoms with van der Waals surface area (Å²) >= 11 is 0. The molecular weight excluding hydrogens is 212 g/mol. The van der Waals surface area contributed by atoms with E-state index in [2.05, 4.69) is 0 Å². The Balaban J connectivity index is 3.11. The van der Waals surface area contributed by atoms with Crippen molar-refractivity contribution in [3.05, 3.63) is 29.3 Å². The second kappa shape index (κ2) is 5.16. The predicted octanol–water partition coefficient (Wildman–Crippen LogP) is 1.57. The van der Waals surface area contributed by atoms with Gasteiger partial charge in [-0.1, -0.05) is 0 Å². The monoisotopic (exact) mass is 224 g/mol. The molecule has 0 amide bonds. The van der Waals surface area contributed by atoms with Gasteiger partial charge in [0.2, 0.25) is 0 Å². The second-order valence-electron chi connectivity index (χ2n) is 2.94. The molecule has 0 saturated heterocycles. The minimum Gasteiger partial charge on any atom is -0.496 e. The second-order valence-corrected chi connectivity index (χ2v) is 2.94. The highest BCUT2D eigenvalue weighted by Crippen LogP contribution is 2.21. The molecule has 1 aromatic rings. The fourth-order valence-corrected chi connectivity index (χ4v) is 1.20. The smallest absolute Gasteiger partial charge is 0.341 e. The summed E-state index contributed by atoms with van der Waals surface area (Å²) in [6, 6.07) is 3.99. The minimum absolute atomic E-state index is 0.0601. The molecule has 0 fully saturated rings. The lowest BCUT2D eigenvalue weighted by Crippen LogP contribution is -2.08. The molecule has 0 aliphatic heterocycles. The molecule has 0 aliphatic rings. The predicted molar refractivity (Wildman–Crippen MR) is 55.9 cm³/mol. The fourth-order valence-electron chi connectivity index (χ4n) is 1.20. The summed E-state index contributed by atoms with van der Waals surface area (Å²) in [6.07, 6.45) is 0. The number of carbonyl (C=O) groups is 2. The lowest BCUT2D eigenvalue weighted by Gasteiger charge is -2.08. The Bertz CT molecular complexity index is 411. The van der Waals surface area contributed by atoms with E-state index in [4.69, 9.17) is 14.6 Å². The van der Waals surface area contributed by atoms with Crippen molar-refractivity contribution in [2.24, 2.45) is 0 Å². The van der Waals surface area contributed by atoms with Crippen LogP contribution in [-0.2, 0) is 4.74 Å². The number of rotatable bonds is 4. The van der Waals surface area contributed by atoms with Crippen molar-refractivity contribution >= 4 is 11.9 Å². The van der Waals surface area contributed by atoms with Crippen molar-refractivity contribution in [2.45, 2.75) is 6.92 Å². The van der Waals surface area contributed by atoms with Gasteiger partial charge < -0.3 is 14.6 Å². The molecule has 0 aromatic heterocycles. The van der Waals surface area contributed by atoms with Gasteiger partial charge >= 0.3 is 11.9 Å². The van der Waals surface area contributed by atoms with Crippen molar-refractivity contribution in [1.82, 2.24) is 0 Å². The van der Waals surface area contributed by atoms with Gasteiger partial charge in [0, 0.05) is 0 Å². The number of carboxylic acids is 1. The van der Waals surface area contributed by atoms with Crippen molar-refractivity contribution in [1.29, 1.82) is 0 Å². The highest BCUT2D eigenvalue weighted by atomic mass is 16.5. The van der Waals surface area contributed by atoms with Gasteiger partial charge in [-0.2, -0.15) is 0 Å². The summed E-state index contributed by atoms with van der Waals surface area (Å²) in [7, 11) is 1.36. The van der Waals surface area contributed by atoms with Crippen LogP contribution in [0.2, 0.25) is 0 Å². The van der Waals surface area contributed by atoms with Crippen LogP contribution in [0.1, 0.15) is 27.6 Å². The van der Waals surface area contributed by atoms with E-state index in [0.29, 0.717) is 0 Å². The number of esters is 1. The quantitative estimate of drug-likeness (QED) is 0.786. The fraction of sp³-hybridized carbons (Fsp3) is 0.273. The Morgan fingerprint density at radius 2 is 2.06 bits per heavy atom. The van der Waals surface area contributed by atoms with E-state index in [-0.39, 0.29) is 23.5 Å². The average molecular weight is 224 g/mol. The number of carboxylic acid groups (broad SMARTS) is 1. The molecule has 86 valence electrons. The molecule has 1 rings (SSSR count).